The summed E-state index contributed by atoms with van der Waals surface area (Å²) in [6.45, 7) is 3.84. The minimum atomic E-state index is 0.286. The van der Waals surface area contributed by atoms with Gasteiger partial charge in [0.05, 0.1) is 0 Å². The van der Waals surface area contributed by atoms with E-state index in [1.165, 1.54) is 0 Å². The van der Waals surface area contributed by atoms with Gasteiger partial charge in [0.1, 0.15) is 11.1 Å². The smallest absolute Gasteiger partial charge is 0.222 e. The molecular weight excluding hydrogens is 266 g/mol. The number of nitrogens with two attached hydrogens (primary N) is 1. The number of hydrogen-bond donors (Lipinski definition) is 2. The van der Waals surface area contributed by atoms with Crippen molar-refractivity contribution < 1.29 is 4.42 Å². The Labute approximate surface area is 121 Å². The van der Waals surface area contributed by atoms with E-state index in [1.54, 1.807) is 0 Å². The van der Waals surface area contributed by atoms with Gasteiger partial charge < -0.3 is 20.4 Å². The van der Waals surface area contributed by atoms with Crippen molar-refractivity contribution in [2.75, 3.05) is 30.8 Å². The molecule has 0 bridgehead atoms. The zero-order chi connectivity index (χ0) is 14.6. The van der Waals surface area contributed by atoms with Crippen molar-refractivity contribution in [3.8, 4) is 0 Å². The molecule has 21 heavy (non-hydrogen) atoms. The maximum atomic E-state index is 6.00. The van der Waals surface area contributed by atoms with E-state index < -0.39 is 0 Å². The van der Waals surface area contributed by atoms with Crippen molar-refractivity contribution in [3.63, 3.8) is 0 Å². The average molecular weight is 283 g/mol. The summed E-state index contributed by atoms with van der Waals surface area (Å²) in [5.41, 5.74) is 9.38. The predicted octanol–water partition coefficient (Wildman–Crippen LogP) is 1.67. The van der Waals surface area contributed by atoms with Gasteiger partial charge in [-0.25, -0.2) is 4.98 Å². The van der Waals surface area contributed by atoms with Crippen LogP contribution in [0.2, 0.25) is 0 Å². The highest BCUT2D eigenvalue weighted by Gasteiger charge is 2.29. The van der Waals surface area contributed by atoms with E-state index >= 15 is 0 Å². The average Bonchev–Trinajstić information content (AvgIpc) is 2.75. The highest BCUT2D eigenvalue weighted by atomic mass is 16.3. The van der Waals surface area contributed by atoms with Gasteiger partial charge in [0.2, 0.25) is 5.95 Å². The molecule has 1 fully saturated rings. The normalized spacial score (nSPS) is 15.8. The van der Waals surface area contributed by atoms with E-state index in [1.807, 2.05) is 26.1 Å². The van der Waals surface area contributed by atoms with Gasteiger partial charge >= 0.3 is 0 Å². The summed E-state index contributed by atoms with van der Waals surface area (Å²) in [4.78, 5) is 10.9. The van der Waals surface area contributed by atoms with E-state index in [4.69, 9.17) is 10.2 Å². The number of anilines is 2. The van der Waals surface area contributed by atoms with Crippen LogP contribution < -0.4 is 16.0 Å². The topological polar surface area (TPSA) is 80.2 Å². The molecular formula is C15H17N5O. The summed E-state index contributed by atoms with van der Waals surface area (Å²) in [6, 6.07) is 6.58. The standard InChI is InChI=1S/C15H17N5O/c1-8-3-4-10-11(5-8)21-13-12(10)18-15(16)19-14(13)20-6-9(7-20)17-2/h3-5,9,17H,6-7H2,1-2H3,(H2,16,18,19). The van der Waals surface area contributed by atoms with E-state index in [9.17, 15) is 0 Å². The van der Waals surface area contributed by atoms with Crippen LogP contribution in [0.3, 0.4) is 0 Å². The van der Waals surface area contributed by atoms with E-state index in [0.717, 1.165) is 46.5 Å². The van der Waals surface area contributed by atoms with Gasteiger partial charge in [0.15, 0.2) is 11.4 Å². The maximum Gasteiger partial charge on any atom is 0.222 e. The van der Waals surface area contributed by atoms with Crippen molar-refractivity contribution in [1.82, 2.24) is 15.3 Å². The molecule has 6 nitrogen and oxygen atoms in total. The summed E-state index contributed by atoms with van der Waals surface area (Å²) in [5, 5.41) is 4.23. The molecule has 108 valence electrons. The Balaban J connectivity index is 1.92. The van der Waals surface area contributed by atoms with Crippen LogP contribution in [-0.2, 0) is 0 Å². The minimum Gasteiger partial charge on any atom is -0.450 e. The van der Waals surface area contributed by atoms with Crippen LogP contribution in [0.4, 0.5) is 11.8 Å². The van der Waals surface area contributed by atoms with Crippen LogP contribution in [-0.4, -0.2) is 36.1 Å². The van der Waals surface area contributed by atoms with Crippen LogP contribution in [0.5, 0.6) is 0 Å². The first-order valence-corrected chi connectivity index (χ1v) is 7.04. The Morgan fingerprint density at radius 3 is 2.90 bits per heavy atom. The number of nitrogens with one attached hydrogen (secondary N) is 1. The molecule has 0 saturated carbocycles. The largest absolute Gasteiger partial charge is 0.450 e. The molecule has 1 saturated heterocycles. The molecule has 6 heteroatoms. The molecule has 0 unspecified atom stereocenters. The fraction of sp³-hybridized carbons (Fsp3) is 0.333. The van der Waals surface area contributed by atoms with Gasteiger partial charge in [0.25, 0.3) is 0 Å². The molecule has 3 heterocycles. The van der Waals surface area contributed by atoms with Gasteiger partial charge in [-0.3, -0.25) is 0 Å². The van der Waals surface area contributed by atoms with Crippen molar-refractivity contribution in [2.45, 2.75) is 13.0 Å². The van der Waals surface area contributed by atoms with Crippen LogP contribution in [0.25, 0.3) is 22.1 Å². The number of rotatable bonds is 2. The Hall–Kier alpha value is -2.34. The van der Waals surface area contributed by atoms with E-state index in [2.05, 4.69) is 26.3 Å². The van der Waals surface area contributed by atoms with Crippen molar-refractivity contribution in [3.05, 3.63) is 23.8 Å². The predicted molar refractivity (Wildman–Crippen MR) is 83.5 cm³/mol. The Kier molecular flexibility index (Phi) is 2.56. The third-order valence-electron chi connectivity index (χ3n) is 4.06. The molecule has 0 amide bonds. The number of nitrogens with zero attached hydrogens (tertiary/aromatic N) is 3. The lowest BCUT2D eigenvalue weighted by Crippen LogP contribution is -2.57. The fourth-order valence-electron chi connectivity index (χ4n) is 2.80. The molecule has 4 rings (SSSR count). The maximum absolute atomic E-state index is 6.00. The second-order valence-electron chi connectivity index (χ2n) is 5.58. The molecule has 0 atom stereocenters. The molecule has 1 aromatic carbocycles. The van der Waals surface area contributed by atoms with Gasteiger partial charge in [-0.15, -0.1) is 0 Å². The highest BCUT2D eigenvalue weighted by Crippen LogP contribution is 2.35. The van der Waals surface area contributed by atoms with Gasteiger partial charge in [0, 0.05) is 24.5 Å². The second-order valence-corrected chi connectivity index (χ2v) is 5.58. The quantitative estimate of drug-likeness (QED) is 0.745. The fourth-order valence-corrected chi connectivity index (χ4v) is 2.80. The number of fused-ring (bicyclic) bond motifs is 3. The molecule has 3 N–H and O–H groups in total. The number of likely N-dealkylation sites (N-methyl/N-ethyl adjacent to an activating group) is 1. The Bertz CT molecular complexity index is 835. The summed E-state index contributed by atoms with van der Waals surface area (Å²) in [5.74, 6) is 1.08. The first-order chi connectivity index (χ1) is 10.2. The van der Waals surface area contributed by atoms with Crippen LogP contribution in [0.1, 0.15) is 5.56 Å². The van der Waals surface area contributed by atoms with Gasteiger partial charge in [-0.1, -0.05) is 6.07 Å². The molecule has 1 aliphatic rings. The van der Waals surface area contributed by atoms with Crippen LogP contribution in [0.15, 0.2) is 22.6 Å². The number of aryl methyl sites for hydroxylation is 1. The van der Waals surface area contributed by atoms with Gasteiger partial charge in [-0.2, -0.15) is 4.98 Å². The highest BCUT2D eigenvalue weighted by molar-refractivity contribution is 6.06. The van der Waals surface area contributed by atoms with E-state index in [0.29, 0.717) is 6.04 Å². The molecule has 0 spiro atoms. The molecule has 2 aromatic heterocycles. The lowest BCUT2D eigenvalue weighted by Gasteiger charge is -2.39. The third-order valence-corrected chi connectivity index (χ3v) is 4.06. The molecule has 0 aliphatic carbocycles. The molecule has 3 aromatic rings. The van der Waals surface area contributed by atoms with Crippen molar-refractivity contribution in [1.29, 1.82) is 0 Å². The number of nitrogen functional groups attached to an aromatic ring is 1. The van der Waals surface area contributed by atoms with Crippen molar-refractivity contribution in [2.24, 2.45) is 0 Å². The summed E-state index contributed by atoms with van der Waals surface area (Å²) in [6.07, 6.45) is 0. The Morgan fingerprint density at radius 2 is 2.14 bits per heavy atom. The number of benzene rings is 1. The SMILES string of the molecule is CNC1CN(c2nc(N)nc3c2oc2cc(C)ccc23)C1. The second kappa shape index (κ2) is 4.33. The minimum absolute atomic E-state index is 0.286. The lowest BCUT2D eigenvalue weighted by molar-refractivity contribution is 0.446. The van der Waals surface area contributed by atoms with Crippen LogP contribution >= 0.6 is 0 Å². The zero-order valence-corrected chi connectivity index (χ0v) is 12.1. The zero-order valence-electron chi connectivity index (χ0n) is 12.1. The first-order valence-electron chi connectivity index (χ1n) is 7.04. The van der Waals surface area contributed by atoms with Crippen molar-refractivity contribution >= 4 is 33.8 Å². The lowest BCUT2D eigenvalue weighted by atomic mass is 10.1. The van der Waals surface area contributed by atoms with E-state index in [-0.39, 0.29) is 5.95 Å². The number of furan rings is 1. The third kappa shape index (κ3) is 1.83. The molecule has 1 aliphatic heterocycles. The van der Waals surface area contributed by atoms with Gasteiger partial charge in [-0.05, 0) is 31.7 Å². The number of hydrogen-bond acceptors (Lipinski definition) is 6. The summed E-state index contributed by atoms with van der Waals surface area (Å²) in [7, 11) is 1.97. The first kappa shape index (κ1) is 12.4. The molecule has 0 radical (unpaired) electrons. The monoisotopic (exact) mass is 283 g/mol. The number of aromatic nitrogens is 2. The Morgan fingerprint density at radius 1 is 1.33 bits per heavy atom. The van der Waals surface area contributed by atoms with Crippen LogP contribution in [0, 0.1) is 6.92 Å². The summed E-state index contributed by atoms with van der Waals surface area (Å²) < 4.78 is 6.00. The summed E-state index contributed by atoms with van der Waals surface area (Å²) >= 11 is 0.